The fraction of sp³-hybridized carbons (Fsp3) is 0.391. The van der Waals surface area contributed by atoms with E-state index in [4.69, 9.17) is 4.74 Å². The van der Waals surface area contributed by atoms with Gasteiger partial charge in [0.15, 0.2) is 0 Å². The molecule has 1 heterocycles. The van der Waals surface area contributed by atoms with Crippen LogP contribution in [0.3, 0.4) is 0 Å². The highest BCUT2D eigenvalue weighted by atomic mass is 32.2. The topological polar surface area (TPSA) is 70.7 Å². The van der Waals surface area contributed by atoms with Crippen molar-refractivity contribution in [2.24, 2.45) is 0 Å². The largest absolute Gasteiger partial charge is 0.418 e. The van der Waals surface area contributed by atoms with Crippen LogP contribution in [0.2, 0.25) is 0 Å². The van der Waals surface area contributed by atoms with Gasteiger partial charge in [-0.25, -0.2) is 0 Å². The van der Waals surface area contributed by atoms with E-state index in [1.807, 2.05) is 24.0 Å². The van der Waals surface area contributed by atoms with Crippen LogP contribution in [0.15, 0.2) is 42.5 Å². The van der Waals surface area contributed by atoms with Crippen LogP contribution < -0.4 is 15.5 Å². The molecule has 1 aliphatic heterocycles. The SMILES string of the molecule is Cc1ccc(NC(=O)CSC(C)C(=O)Nc2ccc(N3CCOCC3)cc2C(F)(F)F)cc1. The summed E-state index contributed by atoms with van der Waals surface area (Å²) in [4.78, 5) is 26.5. The van der Waals surface area contributed by atoms with Crippen LogP contribution in [-0.4, -0.2) is 49.1 Å². The number of carbonyl (C=O) groups is 2. The lowest BCUT2D eigenvalue weighted by molar-refractivity contribution is -0.137. The molecule has 10 heteroatoms. The van der Waals surface area contributed by atoms with Crippen molar-refractivity contribution in [3.63, 3.8) is 0 Å². The van der Waals surface area contributed by atoms with E-state index in [-0.39, 0.29) is 17.3 Å². The number of nitrogens with one attached hydrogen (secondary N) is 2. The second-order valence-corrected chi connectivity index (χ2v) is 9.01. The highest BCUT2D eigenvalue weighted by molar-refractivity contribution is 8.01. The minimum Gasteiger partial charge on any atom is -0.378 e. The van der Waals surface area contributed by atoms with Crippen LogP contribution in [0.4, 0.5) is 30.2 Å². The molecule has 2 N–H and O–H groups in total. The number of nitrogens with zero attached hydrogens (tertiary/aromatic N) is 1. The number of thioether (sulfide) groups is 1. The number of carbonyl (C=O) groups excluding carboxylic acids is 2. The van der Waals surface area contributed by atoms with E-state index in [0.717, 1.165) is 23.4 Å². The normalized spacial score (nSPS) is 15.1. The molecule has 178 valence electrons. The first-order valence-electron chi connectivity index (χ1n) is 10.5. The first kappa shape index (κ1) is 24.9. The van der Waals surface area contributed by atoms with Gasteiger partial charge in [-0.1, -0.05) is 17.7 Å². The number of rotatable bonds is 7. The molecule has 0 spiro atoms. The van der Waals surface area contributed by atoms with Crippen molar-refractivity contribution in [2.75, 3.05) is 47.6 Å². The zero-order chi connectivity index (χ0) is 24.0. The molecule has 6 nitrogen and oxygen atoms in total. The summed E-state index contributed by atoms with van der Waals surface area (Å²) in [5.74, 6) is -0.910. The molecule has 1 fully saturated rings. The maximum atomic E-state index is 13.7. The molecule has 1 unspecified atom stereocenters. The van der Waals surface area contributed by atoms with Crippen molar-refractivity contribution in [3.05, 3.63) is 53.6 Å². The van der Waals surface area contributed by atoms with Gasteiger partial charge in [0, 0.05) is 24.5 Å². The van der Waals surface area contributed by atoms with Gasteiger partial charge in [0.25, 0.3) is 0 Å². The molecule has 2 aromatic carbocycles. The molecular formula is C23H26F3N3O3S. The maximum Gasteiger partial charge on any atom is 0.418 e. The molecule has 0 bridgehead atoms. The molecule has 2 aromatic rings. The number of hydrogen-bond donors (Lipinski definition) is 2. The predicted molar refractivity (Wildman–Crippen MR) is 125 cm³/mol. The number of anilines is 3. The second kappa shape index (κ2) is 10.9. The van der Waals surface area contributed by atoms with Gasteiger partial charge in [-0.3, -0.25) is 9.59 Å². The molecule has 0 saturated carbocycles. The molecule has 0 aliphatic carbocycles. The number of benzene rings is 2. The van der Waals surface area contributed by atoms with Crippen LogP contribution in [0.5, 0.6) is 0 Å². The number of ether oxygens (including phenoxy) is 1. The lowest BCUT2D eigenvalue weighted by Crippen LogP contribution is -2.36. The Balaban J connectivity index is 1.60. The highest BCUT2D eigenvalue weighted by Gasteiger charge is 2.35. The van der Waals surface area contributed by atoms with Gasteiger partial charge in [0.05, 0.1) is 35.5 Å². The first-order chi connectivity index (χ1) is 15.6. The van der Waals surface area contributed by atoms with E-state index in [0.29, 0.717) is 37.7 Å². The Morgan fingerprint density at radius 1 is 1.09 bits per heavy atom. The summed E-state index contributed by atoms with van der Waals surface area (Å²) in [6.07, 6.45) is -4.63. The van der Waals surface area contributed by atoms with E-state index >= 15 is 0 Å². The Morgan fingerprint density at radius 2 is 1.76 bits per heavy atom. The fourth-order valence-electron chi connectivity index (χ4n) is 3.24. The number of alkyl halides is 3. The van der Waals surface area contributed by atoms with Crippen molar-refractivity contribution >= 4 is 40.6 Å². The number of hydrogen-bond acceptors (Lipinski definition) is 5. The summed E-state index contributed by atoms with van der Waals surface area (Å²) in [5, 5.41) is 4.37. The Labute approximate surface area is 194 Å². The van der Waals surface area contributed by atoms with Gasteiger partial charge < -0.3 is 20.3 Å². The third-order valence-corrected chi connectivity index (χ3v) is 6.25. The smallest absolute Gasteiger partial charge is 0.378 e. The summed E-state index contributed by atoms with van der Waals surface area (Å²) < 4.78 is 46.3. The zero-order valence-electron chi connectivity index (χ0n) is 18.4. The molecule has 0 aromatic heterocycles. The van der Waals surface area contributed by atoms with Gasteiger partial charge >= 0.3 is 6.18 Å². The van der Waals surface area contributed by atoms with E-state index in [1.54, 1.807) is 25.1 Å². The summed E-state index contributed by atoms with van der Waals surface area (Å²) >= 11 is 1.05. The third kappa shape index (κ3) is 7.13. The van der Waals surface area contributed by atoms with Gasteiger partial charge in [0.2, 0.25) is 11.8 Å². The summed E-state index contributed by atoms with van der Waals surface area (Å²) in [6.45, 7) is 5.39. The van der Waals surface area contributed by atoms with Crippen molar-refractivity contribution in [1.29, 1.82) is 0 Å². The molecule has 3 rings (SSSR count). The molecule has 2 amide bonds. The standard InChI is InChI=1S/C23H26F3N3O3S/c1-15-3-5-17(6-4-15)27-21(30)14-33-16(2)22(31)28-20-8-7-18(13-19(20)23(24,25)26)29-9-11-32-12-10-29/h3-8,13,16H,9-12,14H2,1-2H3,(H,27,30)(H,28,31). The molecule has 1 aliphatic rings. The van der Waals surface area contributed by atoms with Crippen molar-refractivity contribution in [2.45, 2.75) is 25.3 Å². The van der Waals surface area contributed by atoms with E-state index < -0.39 is 22.9 Å². The quantitative estimate of drug-likeness (QED) is 0.607. The lowest BCUT2D eigenvalue weighted by atomic mass is 10.1. The predicted octanol–water partition coefficient (Wildman–Crippen LogP) is 4.55. The van der Waals surface area contributed by atoms with Crippen molar-refractivity contribution in [3.8, 4) is 0 Å². The van der Waals surface area contributed by atoms with E-state index in [1.165, 1.54) is 6.07 Å². The van der Waals surface area contributed by atoms with Crippen molar-refractivity contribution < 1.29 is 27.5 Å². The molecule has 1 saturated heterocycles. The highest BCUT2D eigenvalue weighted by Crippen LogP contribution is 2.37. The maximum absolute atomic E-state index is 13.7. The minimum atomic E-state index is -4.63. The van der Waals surface area contributed by atoms with Gasteiger partial charge in [-0.15, -0.1) is 11.8 Å². The Bertz CT molecular complexity index is 977. The van der Waals surface area contributed by atoms with Crippen molar-refractivity contribution in [1.82, 2.24) is 0 Å². The number of morpholine rings is 1. The number of amides is 2. The molecule has 33 heavy (non-hydrogen) atoms. The average molecular weight is 482 g/mol. The molecule has 0 radical (unpaired) electrons. The van der Waals surface area contributed by atoms with E-state index in [2.05, 4.69) is 10.6 Å². The first-order valence-corrected chi connectivity index (χ1v) is 11.5. The molecular weight excluding hydrogens is 455 g/mol. The monoisotopic (exact) mass is 481 g/mol. The number of halogens is 3. The van der Waals surface area contributed by atoms with Gasteiger partial charge in [-0.2, -0.15) is 13.2 Å². The Hall–Kier alpha value is -2.72. The van der Waals surface area contributed by atoms with E-state index in [9.17, 15) is 22.8 Å². The van der Waals surface area contributed by atoms with Crippen LogP contribution in [0.25, 0.3) is 0 Å². The second-order valence-electron chi connectivity index (χ2n) is 7.68. The Morgan fingerprint density at radius 3 is 2.39 bits per heavy atom. The van der Waals surface area contributed by atoms with Crippen LogP contribution in [0.1, 0.15) is 18.1 Å². The van der Waals surface area contributed by atoms with Gasteiger partial charge in [0.1, 0.15) is 0 Å². The zero-order valence-corrected chi connectivity index (χ0v) is 19.2. The lowest BCUT2D eigenvalue weighted by Gasteiger charge is -2.29. The van der Waals surface area contributed by atoms with Crippen LogP contribution in [0, 0.1) is 6.92 Å². The summed E-state index contributed by atoms with van der Waals surface area (Å²) in [5.41, 5.74) is 0.913. The van der Waals surface area contributed by atoms with Crippen LogP contribution >= 0.6 is 11.8 Å². The fourth-order valence-corrected chi connectivity index (χ4v) is 3.92. The summed E-state index contributed by atoms with van der Waals surface area (Å²) in [7, 11) is 0. The average Bonchev–Trinajstić information content (AvgIpc) is 2.79. The summed E-state index contributed by atoms with van der Waals surface area (Å²) in [6, 6.07) is 11.1. The molecule has 1 atom stereocenters. The number of aryl methyl sites for hydroxylation is 1. The minimum absolute atomic E-state index is 0.00937. The Kier molecular flexibility index (Phi) is 8.25. The third-order valence-electron chi connectivity index (χ3n) is 5.11. The van der Waals surface area contributed by atoms with Gasteiger partial charge in [-0.05, 0) is 44.2 Å². The van der Waals surface area contributed by atoms with Crippen LogP contribution in [-0.2, 0) is 20.5 Å².